The fourth-order valence-corrected chi connectivity index (χ4v) is 2.78. The van der Waals surface area contributed by atoms with Crippen LogP contribution in [0.4, 0.5) is 13.2 Å². The Hall–Kier alpha value is -1.82. The van der Waals surface area contributed by atoms with E-state index in [0.29, 0.717) is 11.5 Å². The molecule has 1 heterocycles. The summed E-state index contributed by atoms with van der Waals surface area (Å²) < 4.78 is 37.5. The average molecular weight is 326 g/mol. The molecule has 6 heteroatoms. The maximum atomic E-state index is 12.5. The van der Waals surface area contributed by atoms with E-state index in [4.69, 9.17) is 0 Å². The zero-order valence-corrected chi connectivity index (χ0v) is 13.1. The largest absolute Gasteiger partial charge is 0.416 e. The molecule has 1 amide bonds. The minimum atomic E-state index is -4.34. The quantitative estimate of drug-likeness (QED) is 0.862. The molecule has 23 heavy (non-hydrogen) atoms. The Balaban J connectivity index is 1.95. The first kappa shape index (κ1) is 17.5. The number of nitrogens with zero attached hydrogens (tertiary/aromatic N) is 1. The lowest BCUT2D eigenvalue weighted by Crippen LogP contribution is -2.41. The lowest BCUT2D eigenvalue weighted by Gasteiger charge is -2.32. The second kappa shape index (κ2) is 7.64. The lowest BCUT2D eigenvalue weighted by atomic mass is 9.98. The van der Waals surface area contributed by atoms with Gasteiger partial charge in [0.25, 0.3) is 0 Å². The molecule has 2 rings (SSSR count). The Morgan fingerprint density at radius 2 is 2.04 bits per heavy atom. The molecule has 0 aromatic heterocycles. The molecule has 3 nitrogen and oxygen atoms in total. The number of piperidine rings is 1. The Labute approximate surface area is 134 Å². The first-order valence-electron chi connectivity index (χ1n) is 7.69. The molecule has 126 valence electrons. The van der Waals surface area contributed by atoms with E-state index in [-0.39, 0.29) is 5.91 Å². The fourth-order valence-electron chi connectivity index (χ4n) is 2.78. The monoisotopic (exact) mass is 326 g/mol. The molecule has 1 atom stereocenters. The number of hydrogen-bond donors (Lipinski definition) is 1. The number of carbonyl (C=O) groups excluding carboxylic acids is 1. The van der Waals surface area contributed by atoms with Crippen LogP contribution < -0.4 is 5.32 Å². The van der Waals surface area contributed by atoms with Gasteiger partial charge >= 0.3 is 6.18 Å². The number of amides is 1. The Morgan fingerprint density at radius 1 is 1.35 bits per heavy atom. The SMILES string of the molecule is CNCC1CCCN(C(=O)/C=C/c2ccc(C(F)(F)F)cc2)C1. The second-order valence-corrected chi connectivity index (χ2v) is 5.80. The maximum Gasteiger partial charge on any atom is 0.416 e. The van der Waals surface area contributed by atoms with Crippen LogP contribution in [-0.4, -0.2) is 37.5 Å². The number of hydrogen-bond acceptors (Lipinski definition) is 2. The van der Waals surface area contributed by atoms with Gasteiger partial charge in [-0.15, -0.1) is 0 Å². The summed E-state index contributed by atoms with van der Waals surface area (Å²) in [4.78, 5) is 14.0. The number of nitrogens with one attached hydrogen (secondary N) is 1. The zero-order chi connectivity index (χ0) is 16.9. The van der Waals surface area contributed by atoms with Gasteiger partial charge in [0.2, 0.25) is 5.91 Å². The molecule has 1 aromatic carbocycles. The van der Waals surface area contributed by atoms with Gasteiger partial charge in [0.1, 0.15) is 0 Å². The first-order valence-corrected chi connectivity index (χ1v) is 7.69. The molecular weight excluding hydrogens is 305 g/mol. The van der Waals surface area contributed by atoms with Crippen molar-refractivity contribution in [1.29, 1.82) is 0 Å². The average Bonchev–Trinajstić information content (AvgIpc) is 2.53. The molecule has 0 spiro atoms. The van der Waals surface area contributed by atoms with E-state index in [2.05, 4.69) is 5.32 Å². The van der Waals surface area contributed by atoms with Crippen LogP contribution >= 0.6 is 0 Å². The van der Waals surface area contributed by atoms with Crippen LogP contribution in [0.25, 0.3) is 6.08 Å². The van der Waals surface area contributed by atoms with Gasteiger partial charge in [-0.2, -0.15) is 13.2 Å². The molecular formula is C17H21F3N2O. The summed E-state index contributed by atoms with van der Waals surface area (Å²) in [7, 11) is 1.89. The summed E-state index contributed by atoms with van der Waals surface area (Å²) in [5, 5.41) is 3.12. The normalized spacial score (nSPS) is 19.3. The van der Waals surface area contributed by atoms with Crippen molar-refractivity contribution in [3.05, 3.63) is 41.5 Å². The molecule has 0 bridgehead atoms. The molecule has 1 aliphatic heterocycles. The van der Waals surface area contributed by atoms with Crippen molar-refractivity contribution in [2.75, 3.05) is 26.7 Å². The minimum Gasteiger partial charge on any atom is -0.339 e. The van der Waals surface area contributed by atoms with Gasteiger partial charge in [0.05, 0.1) is 5.56 Å². The lowest BCUT2D eigenvalue weighted by molar-refractivity contribution is -0.137. The van der Waals surface area contributed by atoms with Crippen LogP contribution in [0.1, 0.15) is 24.0 Å². The Bertz CT molecular complexity index is 550. The molecule has 1 saturated heterocycles. The van der Waals surface area contributed by atoms with Gasteiger partial charge in [0, 0.05) is 19.2 Å². The summed E-state index contributed by atoms with van der Waals surface area (Å²) >= 11 is 0. The van der Waals surface area contributed by atoms with Gasteiger partial charge < -0.3 is 10.2 Å². The van der Waals surface area contributed by atoms with E-state index < -0.39 is 11.7 Å². The van der Waals surface area contributed by atoms with E-state index in [1.807, 2.05) is 7.05 Å². The van der Waals surface area contributed by atoms with Gasteiger partial charge in [-0.1, -0.05) is 12.1 Å². The topological polar surface area (TPSA) is 32.3 Å². The molecule has 1 aliphatic rings. The van der Waals surface area contributed by atoms with Crippen molar-refractivity contribution in [1.82, 2.24) is 10.2 Å². The van der Waals surface area contributed by atoms with Gasteiger partial charge in [-0.25, -0.2) is 0 Å². The zero-order valence-electron chi connectivity index (χ0n) is 13.1. The molecule has 0 radical (unpaired) electrons. The van der Waals surface area contributed by atoms with E-state index >= 15 is 0 Å². The highest BCUT2D eigenvalue weighted by atomic mass is 19.4. The first-order chi connectivity index (χ1) is 10.9. The van der Waals surface area contributed by atoms with Crippen LogP contribution in [0.3, 0.4) is 0 Å². The number of likely N-dealkylation sites (tertiary alicyclic amines) is 1. The number of alkyl halides is 3. The van der Waals surface area contributed by atoms with Crippen LogP contribution in [0.2, 0.25) is 0 Å². The summed E-state index contributed by atoms with van der Waals surface area (Å²) in [5.41, 5.74) is -0.109. The summed E-state index contributed by atoms with van der Waals surface area (Å²) in [6, 6.07) is 4.78. The fraction of sp³-hybridized carbons (Fsp3) is 0.471. The smallest absolute Gasteiger partial charge is 0.339 e. The van der Waals surface area contributed by atoms with Crippen LogP contribution in [0, 0.1) is 5.92 Å². The third-order valence-electron chi connectivity index (χ3n) is 3.98. The molecule has 1 unspecified atom stereocenters. The number of carbonyl (C=O) groups is 1. The highest BCUT2D eigenvalue weighted by molar-refractivity contribution is 5.91. The second-order valence-electron chi connectivity index (χ2n) is 5.80. The van der Waals surface area contributed by atoms with E-state index in [1.54, 1.807) is 11.0 Å². The minimum absolute atomic E-state index is 0.0919. The Morgan fingerprint density at radius 3 is 2.65 bits per heavy atom. The number of benzene rings is 1. The number of halogens is 3. The standard InChI is InChI=1S/C17H21F3N2O/c1-21-11-14-3-2-10-22(12-14)16(23)9-6-13-4-7-15(8-5-13)17(18,19)20/h4-9,14,21H,2-3,10-12H2,1H3/b9-6+. The predicted octanol–water partition coefficient (Wildman–Crippen LogP) is 3.18. The third-order valence-corrected chi connectivity index (χ3v) is 3.98. The third kappa shape index (κ3) is 5.10. The van der Waals surface area contributed by atoms with Crippen LogP contribution in [0.5, 0.6) is 0 Å². The van der Waals surface area contributed by atoms with Crippen molar-refractivity contribution in [3.8, 4) is 0 Å². The predicted molar refractivity (Wildman–Crippen MR) is 83.7 cm³/mol. The van der Waals surface area contributed by atoms with Gasteiger partial charge in [-0.3, -0.25) is 4.79 Å². The van der Waals surface area contributed by atoms with E-state index in [1.165, 1.54) is 18.2 Å². The van der Waals surface area contributed by atoms with Crippen LogP contribution in [-0.2, 0) is 11.0 Å². The highest BCUT2D eigenvalue weighted by Gasteiger charge is 2.29. The van der Waals surface area contributed by atoms with Crippen molar-refractivity contribution in [2.24, 2.45) is 5.92 Å². The molecule has 0 saturated carbocycles. The van der Waals surface area contributed by atoms with Crippen LogP contribution in [0.15, 0.2) is 30.3 Å². The molecule has 0 aliphatic carbocycles. The number of rotatable bonds is 4. The van der Waals surface area contributed by atoms with Crippen molar-refractivity contribution >= 4 is 12.0 Å². The van der Waals surface area contributed by atoms with Gasteiger partial charge in [-0.05, 0) is 56.1 Å². The summed E-state index contributed by atoms with van der Waals surface area (Å²) in [5.74, 6) is 0.364. The summed E-state index contributed by atoms with van der Waals surface area (Å²) in [6.45, 7) is 2.33. The van der Waals surface area contributed by atoms with Crippen molar-refractivity contribution in [2.45, 2.75) is 19.0 Å². The van der Waals surface area contributed by atoms with Gasteiger partial charge in [0.15, 0.2) is 0 Å². The van der Waals surface area contributed by atoms with Crippen molar-refractivity contribution < 1.29 is 18.0 Å². The van der Waals surface area contributed by atoms with E-state index in [0.717, 1.165) is 44.6 Å². The highest BCUT2D eigenvalue weighted by Crippen LogP contribution is 2.29. The Kier molecular flexibility index (Phi) is 5.82. The molecule has 1 aromatic rings. The maximum absolute atomic E-state index is 12.5. The summed E-state index contributed by atoms with van der Waals surface area (Å²) in [6.07, 6.45) is 0.738. The molecule has 1 N–H and O–H groups in total. The van der Waals surface area contributed by atoms with Crippen molar-refractivity contribution in [3.63, 3.8) is 0 Å². The molecule has 1 fully saturated rings. The van der Waals surface area contributed by atoms with E-state index in [9.17, 15) is 18.0 Å².